The van der Waals surface area contributed by atoms with Crippen LogP contribution >= 0.6 is 0 Å². The van der Waals surface area contributed by atoms with Crippen LogP contribution in [-0.2, 0) is 9.22 Å². The lowest BCUT2D eigenvalue weighted by atomic mass is 9.98. The van der Waals surface area contributed by atoms with Crippen molar-refractivity contribution in [3.05, 3.63) is 0 Å². The van der Waals surface area contributed by atoms with Gasteiger partial charge in [-0.15, -0.1) is 0 Å². The van der Waals surface area contributed by atoms with Crippen molar-refractivity contribution < 1.29 is 19.4 Å². The average molecular weight is 344 g/mol. The minimum Gasteiger partial charge on any atom is -0.413 e. The lowest BCUT2D eigenvalue weighted by molar-refractivity contribution is -0.133. The standard InChI is InChI=1S/C17H33NO4Si/c1-17(2,3)23(4,5)22-14-11-13(19)16(21)12(14)10-15(20)18-8-6-7-9-18/h12-14,16,19,21H,6-11H2,1-5H3/t12-,13-,14-,16+/m0/s1. The van der Waals surface area contributed by atoms with E-state index in [0.29, 0.717) is 6.42 Å². The predicted octanol–water partition coefficient (Wildman–Crippen LogP) is 2.13. The van der Waals surface area contributed by atoms with Crippen LogP contribution in [0.3, 0.4) is 0 Å². The number of likely N-dealkylation sites (tertiary alicyclic amines) is 1. The van der Waals surface area contributed by atoms with Crippen molar-refractivity contribution in [2.24, 2.45) is 5.92 Å². The van der Waals surface area contributed by atoms with E-state index in [2.05, 4.69) is 33.9 Å². The summed E-state index contributed by atoms with van der Waals surface area (Å²) in [5, 5.41) is 20.5. The van der Waals surface area contributed by atoms with E-state index < -0.39 is 20.5 Å². The third-order valence-corrected chi connectivity index (χ3v) is 10.4. The molecule has 134 valence electrons. The third-order valence-electron chi connectivity index (χ3n) is 5.91. The Morgan fingerprint density at radius 2 is 1.78 bits per heavy atom. The Balaban J connectivity index is 2.06. The summed E-state index contributed by atoms with van der Waals surface area (Å²) in [7, 11) is -2.00. The van der Waals surface area contributed by atoms with E-state index in [1.165, 1.54) is 0 Å². The van der Waals surface area contributed by atoms with Gasteiger partial charge in [0.05, 0.1) is 18.3 Å². The average Bonchev–Trinajstić information content (AvgIpc) is 3.02. The highest BCUT2D eigenvalue weighted by Gasteiger charge is 2.48. The van der Waals surface area contributed by atoms with Crippen LogP contribution in [0.5, 0.6) is 0 Å². The van der Waals surface area contributed by atoms with E-state index in [1.54, 1.807) is 0 Å². The molecule has 23 heavy (non-hydrogen) atoms. The van der Waals surface area contributed by atoms with Gasteiger partial charge < -0.3 is 19.5 Å². The lowest BCUT2D eigenvalue weighted by Crippen LogP contribution is -2.46. The van der Waals surface area contributed by atoms with E-state index >= 15 is 0 Å². The highest BCUT2D eigenvalue weighted by atomic mass is 28.4. The van der Waals surface area contributed by atoms with Crippen LogP contribution < -0.4 is 0 Å². The molecule has 0 bridgehead atoms. The fourth-order valence-electron chi connectivity index (χ4n) is 3.30. The molecule has 5 nitrogen and oxygen atoms in total. The number of aliphatic hydroxyl groups excluding tert-OH is 2. The van der Waals surface area contributed by atoms with Crippen molar-refractivity contribution in [3.63, 3.8) is 0 Å². The summed E-state index contributed by atoms with van der Waals surface area (Å²) in [4.78, 5) is 14.3. The lowest BCUT2D eigenvalue weighted by Gasteiger charge is -2.40. The Morgan fingerprint density at radius 1 is 1.22 bits per heavy atom. The molecule has 1 saturated heterocycles. The second kappa shape index (κ2) is 6.82. The molecule has 1 amide bonds. The molecule has 1 saturated carbocycles. The van der Waals surface area contributed by atoms with Crippen molar-refractivity contribution >= 4 is 14.2 Å². The zero-order valence-corrected chi connectivity index (χ0v) is 16.2. The highest BCUT2D eigenvalue weighted by molar-refractivity contribution is 6.74. The Kier molecular flexibility index (Phi) is 5.61. The number of hydrogen-bond donors (Lipinski definition) is 2. The van der Waals surface area contributed by atoms with Crippen molar-refractivity contribution in [1.29, 1.82) is 0 Å². The summed E-state index contributed by atoms with van der Waals surface area (Å²) in [5.74, 6) is -0.211. The Labute approximate surface area is 141 Å². The van der Waals surface area contributed by atoms with Gasteiger partial charge in [-0.25, -0.2) is 0 Å². The second-order valence-electron chi connectivity index (χ2n) is 8.67. The number of amides is 1. The van der Waals surface area contributed by atoms with Gasteiger partial charge in [-0.3, -0.25) is 4.79 Å². The number of rotatable bonds is 4. The Morgan fingerprint density at radius 3 is 2.30 bits per heavy atom. The molecule has 0 radical (unpaired) electrons. The molecule has 0 spiro atoms. The number of nitrogens with zero attached hydrogens (tertiary/aromatic N) is 1. The topological polar surface area (TPSA) is 70.0 Å². The molecule has 0 aromatic rings. The van der Waals surface area contributed by atoms with Gasteiger partial charge >= 0.3 is 0 Å². The van der Waals surface area contributed by atoms with Crippen molar-refractivity contribution in [2.45, 2.75) is 82.9 Å². The maximum absolute atomic E-state index is 12.5. The van der Waals surface area contributed by atoms with E-state index in [4.69, 9.17) is 4.43 Å². The van der Waals surface area contributed by atoms with E-state index in [1.807, 2.05) is 4.90 Å². The van der Waals surface area contributed by atoms with Gasteiger partial charge in [-0.05, 0) is 31.0 Å². The summed E-state index contributed by atoms with van der Waals surface area (Å²) in [6.45, 7) is 12.5. The molecule has 0 aromatic carbocycles. The third kappa shape index (κ3) is 4.16. The predicted molar refractivity (Wildman–Crippen MR) is 92.6 cm³/mol. The molecule has 1 aliphatic carbocycles. The quantitative estimate of drug-likeness (QED) is 0.767. The molecule has 6 heteroatoms. The van der Waals surface area contributed by atoms with Crippen LogP contribution in [0.4, 0.5) is 0 Å². The number of aliphatic hydroxyl groups is 2. The summed E-state index contributed by atoms with van der Waals surface area (Å²) in [6, 6.07) is 0. The van der Waals surface area contributed by atoms with Crippen LogP contribution in [0, 0.1) is 5.92 Å². The number of carbonyl (C=O) groups is 1. The summed E-state index contributed by atoms with van der Waals surface area (Å²) in [6.07, 6.45) is 0.935. The molecule has 2 rings (SSSR count). The minimum atomic E-state index is -2.00. The zero-order valence-electron chi connectivity index (χ0n) is 15.2. The first kappa shape index (κ1) is 18.9. The number of carbonyl (C=O) groups excluding carboxylic acids is 1. The summed E-state index contributed by atoms with van der Waals surface area (Å²) in [5.41, 5.74) is 0. The molecule has 2 fully saturated rings. The Hall–Kier alpha value is -0.433. The maximum atomic E-state index is 12.5. The van der Waals surface area contributed by atoms with Gasteiger partial charge in [0, 0.05) is 31.8 Å². The summed E-state index contributed by atoms with van der Waals surface area (Å²) >= 11 is 0. The first-order chi connectivity index (χ1) is 10.5. The highest BCUT2D eigenvalue weighted by Crippen LogP contribution is 2.41. The first-order valence-corrected chi connectivity index (χ1v) is 11.8. The molecular formula is C17H33NO4Si. The zero-order chi connectivity index (χ0) is 17.4. The SMILES string of the molecule is CC(C)(C)[Si](C)(C)O[C@H]1C[C@H](O)[C@H](O)[C@H]1CC(=O)N1CCCC1. The molecular weight excluding hydrogens is 310 g/mol. The smallest absolute Gasteiger partial charge is 0.223 e. The molecule has 0 unspecified atom stereocenters. The van der Waals surface area contributed by atoms with E-state index in [-0.39, 0.29) is 29.4 Å². The molecule has 2 N–H and O–H groups in total. The molecule has 0 aromatic heterocycles. The van der Waals surface area contributed by atoms with Crippen LogP contribution in [0.2, 0.25) is 18.1 Å². The van der Waals surface area contributed by atoms with Crippen molar-refractivity contribution in [1.82, 2.24) is 4.90 Å². The first-order valence-electron chi connectivity index (χ1n) is 8.84. The van der Waals surface area contributed by atoms with E-state index in [0.717, 1.165) is 25.9 Å². The largest absolute Gasteiger partial charge is 0.413 e. The van der Waals surface area contributed by atoms with Crippen LogP contribution in [0.15, 0.2) is 0 Å². The molecule has 1 heterocycles. The van der Waals surface area contributed by atoms with Gasteiger partial charge in [0.25, 0.3) is 0 Å². The maximum Gasteiger partial charge on any atom is 0.223 e. The fourth-order valence-corrected chi connectivity index (χ4v) is 4.68. The van der Waals surface area contributed by atoms with Crippen LogP contribution in [0.1, 0.15) is 46.5 Å². The van der Waals surface area contributed by atoms with Gasteiger partial charge in [-0.2, -0.15) is 0 Å². The van der Waals surface area contributed by atoms with Gasteiger partial charge in [-0.1, -0.05) is 20.8 Å². The Bertz CT molecular complexity index is 429. The van der Waals surface area contributed by atoms with Crippen molar-refractivity contribution in [3.8, 4) is 0 Å². The monoisotopic (exact) mass is 343 g/mol. The minimum absolute atomic E-state index is 0.0645. The van der Waals surface area contributed by atoms with Gasteiger partial charge in [0.1, 0.15) is 0 Å². The normalized spacial score (nSPS) is 32.6. The second-order valence-corrected chi connectivity index (χ2v) is 13.4. The number of hydrogen-bond acceptors (Lipinski definition) is 4. The molecule has 2 aliphatic rings. The van der Waals surface area contributed by atoms with Crippen LogP contribution in [-0.4, -0.2) is 60.7 Å². The van der Waals surface area contributed by atoms with Gasteiger partial charge in [0.2, 0.25) is 5.91 Å². The van der Waals surface area contributed by atoms with Crippen molar-refractivity contribution in [2.75, 3.05) is 13.1 Å². The summed E-state index contributed by atoms with van der Waals surface area (Å²) < 4.78 is 6.43. The van der Waals surface area contributed by atoms with Crippen LogP contribution in [0.25, 0.3) is 0 Å². The fraction of sp³-hybridized carbons (Fsp3) is 0.941. The molecule has 4 atom stereocenters. The molecule has 1 aliphatic heterocycles. The van der Waals surface area contributed by atoms with Gasteiger partial charge in [0.15, 0.2) is 8.32 Å². The van der Waals surface area contributed by atoms with E-state index in [9.17, 15) is 15.0 Å².